The molecule has 1 heterocycles. The van der Waals surface area contributed by atoms with Crippen molar-refractivity contribution in [1.82, 2.24) is 9.78 Å². The van der Waals surface area contributed by atoms with E-state index in [0.29, 0.717) is 17.1 Å². The maximum absolute atomic E-state index is 12.8. The predicted molar refractivity (Wildman–Crippen MR) is 122 cm³/mol. The molecule has 0 bridgehead atoms. The quantitative estimate of drug-likeness (QED) is 0.655. The van der Waals surface area contributed by atoms with Gasteiger partial charge in [0.2, 0.25) is 11.8 Å². The van der Waals surface area contributed by atoms with E-state index in [-0.39, 0.29) is 17.4 Å². The molecule has 1 aromatic heterocycles. The zero-order chi connectivity index (χ0) is 22.7. The maximum atomic E-state index is 12.8. The number of aromatic nitrogens is 2. The van der Waals surface area contributed by atoms with E-state index in [9.17, 15) is 14.4 Å². The Morgan fingerprint density at radius 1 is 0.903 bits per heavy atom. The molecule has 0 radical (unpaired) electrons. The van der Waals surface area contributed by atoms with E-state index in [1.165, 1.54) is 17.7 Å². The number of benzene rings is 2. The lowest BCUT2D eigenvalue weighted by Gasteiger charge is -2.16. The van der Waals surface area contributed by atoms with Crippen LogP contribution in [0.3, 0.4) is 0 Å². The molecule has 2 aromatic carbocycles. The molecule has 0 aliphatic rings. The third-order valence-corrected chi connectivity index (χ3v) is 5.06. The second kappa shape index (κ2) is 8.95. The van der Waals surface area contributed by atoms with Crippen molar-refractivity contribution >= 4 is 23.2 Å². The fourth-order valence-electron chi connectivity index (χ4n) is 3.26. The summed E-state index contributed by atoms with van der Waals surface area (Å²) >= 11 is 0. The number of rotatable bonds is 5. The molecule has 0 fully saturated rings. The number of nitrogens with one attached hydrogen (secondary N) is 2. The number of nitrogens with zero attached hydrogens (tertiary/aromatic N) is 2. The summed E-state index contributed by atoms with van der Waals surface area (Å²) in [6.07, 6.45) is 0. The van der Waals surface area contributed by atoms with Crippen molar-refractivity contribution in [3.8, 4) is 11.3 Å². The van der Waals surface area contributed by atoms with Crippen molar-refractivity contribution < 1.29 is 9.59 Å². The standard InChI is InChI=1S/C24H26N4O3/c1-14-6-9-20(16(3)12-14)26-24(31)17(4)28-23(30)11-10-21(27-28)19-8-7-15(2)22(13-19)25-18(5)29/h6-13,17H,1-5H3,(H,25,29)(H,26,31). The van der Waals surface area contributed by atoms with Crippen LogP contribution < -0.4 is 16.2 Å². The first kappa shape index (κ1) is 22.0. The first-order chi connectivity index (χ1) is 14.7. The highest BCUT2D eigenvalue weighted by Gasteiger charge is 2.19. The molecule has 7 nitrogen and oxygen atoms in total. The first-order valence-corrected chi connectivity index (χ1v) is 10.0. The van der Waals surface area contributed by atoms with Gasteiger partial charge in [-0.2, -0.15) is 5.10 Å². The van der Waals surface area contributed by atoms with Crippen LogP contribution in [0.25, 0.3) is 11.3 Å². The Balaban J connectivity index is 1.91. The minimum absolute atomic E-state index is 0.171. The molecule has 1 atom stereocenters. The molecule has 3 rings (SSSR count). The minimum Gasteiger partial charge on any atom is -0.326 e. The topological polar surface area (TPSA) is 93.1 Å². The van der Waals surface area contributed by atoms with E-state index < -0.39 is 6.04 Å². The Morgan fingerprint density at radius 3 is 2.32 bits per heavy atom. The smallest absolute Gasteiger partial charge is 0.267 e. The molecule has 160 valence electrons. The lowest BCUT2D eigenvalue weighted by molar-refractivity contribution is -0.119. The molecule has 31 heavy (non-hydrogen) atoms. The largest absolute Gasteiger partial charge is 0.326 e. The van der Waals surface area contributed by atoms with Crippen LogP contribution >= 0.6 is 0 Å². The molecule has 2 N–H and O–H groups in total. The third-order valence-electron chi connectivity index (χ3n) is 5.06. The molecule has 0 aliphatic heterocycles. The van der Waals surface area contributed by atoms with Crippen LogP contribution in [0, 0.1) is 20.8 Å². The second-order valence-corrected chi connectivity index (χ2v) is 7.70. The normalized spacial score (nSPS) is 11.6. The number of amides is 2. The van der Waals surface area contributed by atoms with Crippen LogP contribution in [0.2, 0.25) is 0 Å². The maximum Gasteiger partial charge on any atom is 0.267 e. The van der Waals surface area contributed by atoms with Crippen molar-refractivity contribution in [2.75, 3.05) is 10.6 Å². The summed E-state index contributed by atoms with van der Waals surface area (Å²) in [5, 5.41) is 10.1. The number of hydrogen-bond donors (Lipinski definition) is 2. The molecule has 0 spiro atoms. The molecule has 1 unspecified atom stereocenters. The van der Waals surface area contributed by atoms with Gasteiger partial charge in [-0.15, -0.1) is 0 Å². The summed E-state index contributed by atoms with van der Waals surface area (Å²) in [5.41, 5.74) is 5.21. The van der Waals surface area contributed by atoms with E-state index in [1.807, 2.05) is 51.1 Å². The molecule has 0 saturated heterocycles. The van der Waals surface area contributed by atoms with Gasteiger partial charge in [0.25, 0.3) is 5.56 Å². The first-order valence-electron chi connectivity index (χ1n) is 10.0. The average Bonchev–Trinajstić information content (AvgIpc) is 2.71. The van der Waals surface area contributed by atoms with E-state index in [1.54, 1.807) is 19.1 Å². The minimum atomic E-state index is -0.812. The molecule has 0 aliphatic carbocycles. The van der Waals surface area contributed by atoms with E-state index >= 15 is 0 Å². The summed E-state index contributed by atoms with van der Waals surface area (Å²) in [6, 6.07) is 13.5. The van der Waals surface area contributed by atoms with Gasteiger partial charge in [0.05, 0.1) is 5.69 Å². The molecule has 2 amide bonds. The summed E-state index contributed by atoms with van der Waals surface area (Å²) in [7, 11) is 0. The Morgan fingerprint density at radius 2 is 1.65 bits per heavy atom. The zero-order valence-corrected chi connectivity index (χ0v) is 18.3. The highest BCUT2D eigenvalue weighted by atomic mass is 16.2. The fraction of sp³-hybridized carbons (Fsp3) is 0.250. The van der Waals surface area contributed by atoms with Gasteiger partial charge >= 0.3 is 0 Å². The summed E-state index contributed by atoms with van der Waals surface area (Å²) < 4.78 is 1.17. The third kappa shape index (κ3) is 5.06. The van der Waals surface area contributed by atoms with Crippen LogP contribution in [0.1, 0.15) is 36.6 Å². The molecule has 0 saturated carbocycles. The number of carbonyl (C=O) groups excluding carboxylic acids is 2. The van der Waals surface area contributed by atoms with Crippen molar-refractivity contribution in [3.63, 3.8) is 0 Å². The number of carbonyl (C=O) groups is 2. The highest BCUT2D eigenvalue weighted by Crippen LogP contribution is 2.24. The van der Waals surface area contributed by atoms with E-state index in [4.69, 9.17) is 0 Å². The van der Waals surface area contributed by atoms with Crippen molar-refractivity contribution in [1.29, 1.82) is 0 Å². The number of hydrogen-bond acceptors (Lipinski definition) is 4. The van der Waals surface area contributed by atoms with Crippen molar-refractivity contribution in [3.05, 3.63) is 75.6 Å². The number of aryl methyl sites for hydroxylation is 3. The summed E-state index contributed by atoms with van der Waals surface area (Å²) in [4.78, 5) is 36.7. The predicted octanol–water partition coefficient (Wildman–Crippen LogP) is 3.99. The molecular formula is C24H26N4O3. The van der Waals surface area contributed by atoms with Crippen LogP contribution in [-0.4, -0.2) is 21.6 Å². The monoisotopic (exact) mass is 418 g/mol. The molecule has 7 heteroatoms. The van der Waals surface area contributed by atoms with Gasteiger partial charge in [0.15, 0.2) is 0 Å². The fourth-order valence-corrected chi connectivity index (χ4v) is 3.26. The van der Waals surface area contributed by atoms with Gasteiger partial charge in [-0.05, 0) is 57.0 Å². The van der Waals surface area contributed by atoms with Gasteiger partial charge in [-0.25, -0.2) is 4.68 Å². The van der Waals surface area contributed by atoms with E-state index in [0.717, 1.165) is 22.3 Å². The second-order valence-electron chi connectivity index (χ2n) is 7.70. The lowest BCUT2D eigenvalue weighted by Crippen LogP contribution is -2.33. The van der Waals surface area contributed by atoms with Crippen LogP contribution in [0.4, 0.5) is 11.4 Å². The molecular weight excluding hydrogens is 392 g/mol. The zero-order valence-electron chi connectivity index (χ0n) is 18.3. The van der Waals surface area contributed by atoms with E-state index in [2.05, 4.69) is 15.7 Å². The van der Waals surface area contributed by atoms with Crippen LogP contribution in [-0.2, 0) is 9.59 Å². The summed E-state index contributed by atoms with van der Waals surface area (Å²) in [5.74, 6) is -0.503. The summed E-state index contributed by atoms with van der Waals surface area (Å²) in [6.45, 7) is 8.87. The Bertz CT molecular complexity index is 1210. The average molecular weight is 418 g/mol. The van der Waals surface area contributed by atoms with Gasteiger partial charge in [0.1, 0.15) is 6.04 Å². The molecule has 3 aromatic rings. The highest BCUT2D eigenvalue weighted by molar-refractivity contribution is 5.94. The number of anilines is 2. The Hall–Kier alpha value is -3.74. The SMILES string of the molecule is CC(=O)Nc1cc(-c2ccc(=O)n(C(C)C(=O)Nc3ccc(C)cc3C)n2)ccc1C. The lowest BCUT2D eigenvalue weighted by atomic mass is 10.1. The van der Waals surface area contributed by atoms with Gasteiger partial charge in [0, 0.05) is 29.9 Å². The van der Waals surface area contributed by atoms with Crippen molar-refractivity contribution in [2.24, 2.45) is 0 Å². The van der Waals surface area contributed by atoms with Crippen LogP contribution in [0.15, 0.2) is 53.3 Å². The van der Waals surface area contributed by atoms with Crippen LogP contribution in [0.5, 0.6) is 0 Å². The Labute approximate surface area is 181 Å². The van der Waals surface area contributed by atoms with Crippen molar-refractivity contribution in [2.45, 2.75) is 40.7 Å². The van der Waals surface area contributed by atoms with Gasteiger partial charge in [-0.3, -0.25) is 14.4 Å². The van der Waals surface area contributed by atoms with Gasteiger partial charge in [-0.1, -0.05) is 29.8 Å². The Kier molecular flexibility index (Phi) is 6.34. The van der Waals surface area contributed by atoms with Gasteiger partial charge < -0.3 is 10.6 Å².